The first kappa shape index (κ1) is 31.1. The zero-order valence-corrected chi connectivity index (χ0v) is 24.1. The van der Waals surface area contributed by atoms with Crippen LogP contribution in [0.1, 0.15) is 99.9 Å². The first-order chi connectivity index (χ1) is 19.6. The molecule has 0 radical (unpaired) electrons. The van der Waals surface area contributed by atoms with Crippen molar-refractivity contribution in [3.05, 3.63) is 77.9 Å². The number of rotatable bonds is 19. The van der Waals surface area contributed by atoms with Crippen LogP contribution < -0.4 is 4.74 Å². The summed E-state index contributed by atoms with van der Waals surface area (Å²) in [5.74, 6) is 0.0214. The molecule has 0 bridgehead atoms. The van der Waals surface area contributed by atoms with Crippen molar-refractivity contribution in [2.45, 2.75) is 90.4 Å². The fourth-order valence-electron chi connectivity index (χ4n) is 4.75. The quantitative estimate of drug-likeness (QED) is 0.0890. The zero-order valence-electron chi connectivity index (χ0n) is 24.1. The summed E-state index contributed by atoms with van der Waals surface area (Å²) < 4.78 is 11.1. The van der Waals surface area contributed by atoms with Crippen molar-refractivity contribution in [2.24, 2.45) is 0 Å². The summed E-state index contributed by atoms with van der Waals surface area (Å²) in [6, 6.07) is 21.2. The molecule has 216 valence electrons. The lowest BCUT2D eigenvalue weighted by molar-refractivity contribution is 0.0494. The fourth-order valence-corrected chi connectivity index (χ4v) is 4.75. The molecule has 40 heavy (non-hydrogen) atoms. The number of aryl methyl sites for hydroxylation is 1. The number of phenolic OH excluding ortho intramolecular Hbond substituents is 2. The summed E-state index contributed by atoms with van der Waals surface area (Å²) in [5, 5.41) is 19.2. The minimum Gasteiger partial charge on any atom is -0.508 e. The molecule has 0 aromatic heterocycles. The first-order valence-electron chi connectivity index (χ1n) is 15.1. The van der Waals surface area contributed by atoms with Gasteiger partial charge in [-0.25, -0.2) is 4.79 Å². The van der Waals surface area contributed by atoms with E-state index in [4.69, 9.17) is 9.47 Å². The smallest absolute Gasteiger partial charge is 0.342 e. The van der Waals surface area contributed by atoms with Crippen molar-refractivity contribution in [1.82, 2.24) is 0 Å². The van der Waals surface area contributed by atoms with E-state index in [1.807, 2.05) is 0 Å². The number of esters is 1. The summed E-state index contributed by atoms with van der Waals surface area (Å²) in [6.07, 6.45) is 15.2. The fraction of sp³-hybridized carbons (Fsp3) is 0.457. The van der Waals surface area contributed by atoms with Crippen LogP contribution in [0.4, 0.5) is 0 Å². The van der Waals surface area contributed by atoms with Gasteiger partial charge in [0.2, 0.25) is 0 Å². The van der Waals surface area contributed by atoms with Gasteiger partial charge in [-0.3, -0.25) is 0 Å². The molecule has 5 heteroatoms. The Hall–Kier alpha value is -3.47. The molecule has 0 amide bonds. The SMILES string of the molecule is CCCCCCCCc1ccc(-c2ccc(OCCCCCCCCOC(=O)c3cc(O)ccc3O)cc2)cc1. The molecule has 0 aliphatic carbocycles. The highest BCUT2D eigenvalue weighted by atomic mass is 16.5. The maximum atomic E-state index is 12.0. The zero-order chi connectivity index (χ0) is 28.4. The van der Waals surface area contributed by atoms with Crippen molar-refractivity contribution < 1.29 is 24.5 Å². The van der Waals surface area contributed by atoms with Gasteiger partial charge in [-0.05, 0) is 72.7 Å². The molecule has 0 fully saturated rings. The van der Waals surface area contributed by atoms with Gasteiger partial charge in [0.25, 0.3) is 0 Å². The Morgan fingerprint density at radius 2 is 1.23 bits per heavy atom. The van der Waals surface area contributed by atoms with Crippen LogP contribution in [0, 0.1) is 0 Å². The standard InChI is InChI=1S/C35H46O5/c1-2-3-4-5-8-11-14-28-15-17-29(18-16-28)30-19-22-32(23-20-30)39-25-12-9-6-7-10-13-26-40-35(38)33-27-31(36)21-24-34(33)37/h15-24,27,36-37H,2-14,25-26H2,1H3. The van der Waals surface area contributed by atoms with E-state index in [9.17, 15) is 15.0 Å². The van der Waals surface area contributed by atoms with E-state index in [-0.39, 0.29) is 17.1 Å². The van der Waals surface area contributed by atoms with Crippen LogP contribution in [0.3, 0.4) is 0 Å². The number of unbranched alkanes of at least 4 members (excludes halogenated alkanes) is 10. The first-order valence-corrected chi connectivity index (χ1v) is 15.1. The Labute approximate surface area is 240 Å². The molecule has 0 atom stereocenters. The van der Waals surface area contributed by atoms with Crippen molar-refractivity contribution in [3.63, 3.8) is 0 Å². The van der Waals surface area contributed by atoms with E-state index in [1.165, 1.54) is 79.8 Å². The number of phenols is 2. The normalized spacial score (nSPS) is 10.9. The number of hydrogen-bond acceptors (Lipinski definition) is 5. The van der Waals surface area contributed by atoms with E-state index in [0.29, 0.717) is 13.2 Å². The molecule has 0 aliphatic heterocycles. The van der Waals surface area contributed by atoms with Crippen molar-refractivity contribution in [3.8, 4) is 28.4 Å². The van der Waals surface area contributed by atoms with E-state index >= 15 is 0 Å². The van der Waals surface area contributed by atoms with Crippen LogP contribution in [0.25, 0.3) is 11.1 Å². The second kappa shape index (κ2) is 18.0. The van der Waals surface area contributed by atoms with Gasteiger partial charge in [-0.2, -0.15) is 0 Å². The number of aromatic hydroxyl groups is 2. The Balaban J connectivity index is 1.22. The van der Waals surface area contributed by atoms with Crippen LogP contribution in [0.2, 0.25) is 0 Å². The summed E-state index contributed by atoms with van der Waals surface area (Å²) >= 11 is 0. The van der Waals surface area contributed by atoms with Gasteiger partial charge in [0.1, 0.15) is 22.8 Å². The maximum Gasteiger partial charge on any atom is 0.342 e. The van der Waals surface area contributed by atoms with E-state index in [0.717, 1.165) is 44.3 Å². The van der Waals surface area contributed by atoms with Gasteiger partial charge >= 0.3 is 5.97 Å². The summed E-state index contributed by atoms with van der Waals surface area (Å²) in [7, 11) is 0. The van der Waals surface area contributed by atoms with E-state index in [2.05, 4.69) is 55.5 Å². The highest BCUT2D eigenvalue weighted by Crippen LogP contribution is 2.24. The number of hydrogen-bond donors (Lipinski definition) is 2. The lowest BCUT2D eigenvalue weighted by Crippen LogP contribution is -2.06. The molecule has 3 aromatic carbocycles. The molecule has 0 aliphatic rings. The molecule has 0 spiro atoms. The Bertz CT molecular complexity index is 1120. The summed E-state index contributed by atoms with van der Waals surface area (Å²) in [5.41, 5.74) is 3.87. The van der Waals surface area contributed by atoms with E-state index in [1.54, 1.807) is 0 Å². The predicted octanol–water partition coefficient (Wildman–Crippen LogP) is 9.24. The molecular formula is C35H46O5. The van der Waals surface area contributed by atoms with Gasteiger partial charge < -0.3 is 19.7 Å². The number of ether oxygens (including phenoxy) is 2. The Morgan fingerprint density at radius 3 is 1.90 bits per heavy atom. The molecular weight excluding hydrogens is 500 g/mol. The molecule has 2 N–H and O–H groups in total. The highest BCUT2D eigenvalue weighted by Gasteiger charge is 2.13. The van der Waals surface area contributed by atoms with Gasteiger partial charge in [0.15, 0.2) is 0 Å². The highest BCUT2D eigenvalue weighted by molar-refractivity contribution is 5.92. The van der Waals surface area contributed by atoms with Crippen LogP contribution >= 0.6 is 0 Å². The Kier molecular flexibility index (Phi) is 14.0. The molecule has 0 saturated heterocycles. The number of carbonyl (C=O) groups excluding carboxylic acids is 1. The average molecular weight is 547 g/mol. The third-order valence-corrected chi connectivity index (χ3v) is 7.20. The largest absolute Gasteiger partial charge is 0.508 e. The van der Waals surface area contributed by atoms with E-state index < -0.39 is 5.97 Å². The molecule has 0 saturated carbocycles. The van der Waals surface area contributed by atoms with Crippen LogP contribution in [-0.2, 0) is 11.2 Å². The molecule has 0 unspecified atom stereocenters. The molecule has 3 rings (SSSR count). The number of benzene rings is 3. The topological polar surface area (TPSA) is 76.0 Å². The van der Waals surface area contributed by atoms with Crippen molar-refractivity contribution >= 4 is 5.97 Å². The van der Waals surface area contributed by atoms with Crippen molar-refractivity contribution in [2.75, 3.05) is 13.2 Å². The van der Waals surface area contributed by atoms with Gasteiger partial charge in [0.05, 0.1) is 13.2 Å². The second-order valence-electron chi connectivity index (χ2n) is 10.5. The van der Waals surface area contributed by atoms with Crippen LogP contribution in [-0.4, -0.2) is 29.4 Å². The van der Waals surface area contributed by atoms with Gasteiger partial charge in [-0.15, -0.1) is 0 Å². The minimum atomic E-state index is -0.615. The molecule has 3 aromatic rings. The maximum absolute atomic E-state index is 12.0. The number of carbonyl (C=O) groups is 1. The summed E-state index contributed by atoms with van der Waals surface area (Å²) in [6.45, 7) is 3.27. The molecule has 5 nitrogen and oxygen atoms in total. The molecule has 0 heterocycles. The van der Waals surface area contributed by atoms with Gasteiger partial charge in [-0.1, -0.05) is 101 Å². The second-order valence-corrected chi connectivity index (χ2v) is 10.5. The minimum absolute atomic E-state index is 0.0117. The van der Waals surface area contributed by atoms with Crippen LogP contribution in [0.15, 0.2) is 66.7 Å². The monoisotopic (exact) mass is 546 g/mol. The van der Waals surface area contributed by atoms with Gasteiger partial charge in [0, 0.05) is 0 Å². The lowest BCUT2D eigenvalue weighted by Gasteiger charge is -2.09. The van der Waals surface area contributed by atoms with Crippen molar-refractivity contribution in [1.29, 1.82) is 0 Å². The average Bonchev–Trinajstić information content (AvgIpc) is 2.97. The third-order valence-electron chi connectivity index (χ3n) is 7.20. The predicted molar refractivity (Wildman–Crippen MR) is 162 cm³/mol. The lowest BCUT2D eigenvalue weighted by atomic mass is 10.0. The summed E-state index contributed by atoms with van der Waals surface area (Å²) in [4.78, 5) is 12.0. The Morgan fingerprint density at radius 1 is 0.650 bits per heavy atom. The van der Waals surface area contributed by atoms with Crippen LogP contribution in [0.5, 0.6) is 17.2 Å². The third kappa shape index (κ3) is 11.3.